The zero-order valence-corrected chi connectivity index (χ0v) is 7.49. The van der Waals surface area contributed by atoms with Crippen LogP contribution in [0, 0.1) is 5.82 Å². The van der Waals surface area contributed by atoms with Crippen LogP contribution in [0.2, 0.25) is 0 Å². The number of fused-ring (bicyclic) bond motifs is 1. The van der Waals surface area contributed by atoms with Crippen LogP contribution in [0.4, 0.5) is 10.1 Å². The topological polar surface area (TPSA) is 55.4 Å². The maximum absolute atomic E-state index is 12.8. The number of halogens is 1. The number of hydrogen-bond donors (Lipinski definition) is 1. The fourth-order valence-corrected chi connectivity index (χ4v) is 1.26. The van der Waals surface area contributed by atoms with Crippen LogP contribution in [0.25, 0.3) is 0 Å². The minimum atomic E-state index is -1.04. The van der Waals surface area contributed by atoms with Gasteiger partial charge in [0.05, 0.1) is 5.69 Å². The molecule has 1 amide bonds. The first-order valence-electron chi connectivity index (χ1n) is 4.19. The van der Waals surface area contributed by atoms with Crippen LogP contribution in [0.1, 0.15) is 0 Å². The second kappa shape index (κ2) is 3.55. The second-order valence-corrected chi connectivity index (χ2v) is 2.95. The summed E-state index contributed by atoms with van der Waals surface area (Å²) < 4.78 is 17.9. The molecular weight excluding hydrogens is 201 g/mol. The Morgan fingerprint density at radius 1 is 1.53 bits per heavy atom. The minimum Gasteiger partial charge on any atom is -0.473 e. The van der Waals surface area contributed by atoms with E-state index < -0.39 is 17.8 Å². The Kier molecular flexibility index (Phi) is 2.23. The molecule has 0 radical (unpaired) electrons. The van der Waals surface area contributed by atoms with Crippen molar-refractivity contribution in [2.75, 3.05) is 5.32 Å². The maximum atomic E-state index is 12.8. The Bertz CT molecular complexity index is 466. The number of amides is 1. The Morgan fingerprint density at radius 3 is 3.07 bits per heavy atom. The highest BCUT2D eigenvalue weighted by atomic mass is 19.1. The number of anilines is 1. The molecule has 2 rings (SSSR count). The van der Waals surface area contributed by atoms with E-state index in [4.69, 9.17) is 4.74 Å². The van der Waals surface area contributed by atoms with Gasteiger partial charge in [0.2, 0.25) is 6.10 Å². The molecule has 0 fully saturated rings. The molecule has 0 aromatic heterocycles. The predicted molar refractivity (Wildman–Crippen MR) is 49.7 cm³/mol. The normalized spacial score (nSPS) is 18.2. The Morgan fingerprint density at radius 2 is 2.33 bits per heavy atom. The van der Waals surface area contributed by atoms with Crippen molar-refractivity contribution < 1.29 is 18.7 Å². The third-order valence-electron chi connectivity index (χ3n) is 1.93. The molecule has 15 heavy (non-hydrogen) atoms. The molecule has 1 aromatic rings. The molecule has 0 saturated heterocycles. The van der Waals surface area contributed by atoms with Gasteiger partial charge in [-0.1, -0.05) is 0 Å². The first-order valence-corrected chi connectivity index (χ1v) is 4.19. The molecule has 76 valence electrons. The van der Waals surface area contributed by atoms with E-state index in [9.17, 15) is 14.0 Å². The van der Waals surface area contributed by atoms with Crippen LogP contribution in [-0.4, -0.2) is 18.0 Å². The maximum Gasteiger partial charge on any atom is 0.270 e. The molecule has 0 aliphatic carbocycles. The van der Waals surface area contributed by atoms with E-state index in [0.29, 0.717) is 5.69 Å². The summed E-state index contributed by atoms with van der Waals surface area (Å²) in [6.07, 6.45) is -0.111. The van der Waals surface area contributed by atoms with Gasteiger partial charge in [-0.2, -0.15) is 0 Å². The highest BCUT2D eigenvalue weighted by Crippen LogP contribution is 2.30. The summed E-state index contributed by atoms with van der Waals surface area (Å²) in [6.45, 7) is 0. The van der Waals surface area contributed by atoms with E-state index in [-0.39, 0.29) is 5.75 Å². The average molecular weight is 207 g/mol. The first kappa shape index (κ1) is 9.43. The number of hydrogen-bond acceptors (Lipinski definition) is 3. The quantitative estimate of drug-likeness (QED) is 0.696. The van der Waals surface area contributed by atoms with Crippen LogP contribution in [-0.2, 0) is 9.59 Å². The largest absolute Gasteiger partial charge is 0.473 e. The van der Waals surface area contributed by atoms with Gasteiger partial charge in [0.15, 0.2) is 0 Å². The number of carbonyl (C=O) groups excluding carboxylic acids is 2. The summed E-state index contributed by atoms with van der Waals surface area (Å²) >= 11 is 0. The smallest absolute Gasteiger partial charge is 0.270 e. The van der Waals surface area contributed by atoms with Crippen molar-refractivity contribution in [3.8, 4) is 5.75 Å². The summed E-state index contributed by atoms with van der Waals surface area (Å²) in [5, 5.41) is 2.48. The Hall–Kier alpha value is -2.13. The predicted octanol–water partition coefficient (Wildman–Crippen LogP) is 0.913. The molecular formula is C10H6FNO3. The van der Waals surface area contributed by atoms with Gasteiger partial charge < -0.3 is 10.1 Å². The van der Waals surface area contributed by atoms with E-state index in [0.717, 1.165) is 12.1 Å². The number of benzene rings is 1. The number of nitrogens with one attached hydrogen (secondary N) is 1. The molecule has 1 aliphatic rings. The number of rotatable bonds is 1. The van der Waals surface area contributed by atoms with Gasteiger partial charge in [0, 0.05) is 12.1 Å². The van der Waals surface area contributed by atoms with Crippen molar-refractivity contribution in [3.05, 3.63) is 30.1 Å². The zero-order valence-electron chi connectivity index (χ0n) is 7.49. The van der Waals surface area contributed by atoms with Crippen LogP contribution in [0.5, 0.6) is 5.75 Å². The molecule has 4 nitrogen and oxygen atoms in total. The van der Waals surface area contributed by atoms with E-state index in [1.54, 1.807) is 0 Å². The molecule has 5 heteroatoms. The van der Waals surface area contributed by atoms with Crippen molar-refractivity contribution in [3.63, 3.8) is 0 Å². The number of carbonyl (C=O) groups is 1. The van der Waals surface area contributed by atoms with Gasteiger partial charge >= 0.3 is 0 Å². The fourth-order valence-electron chi connectivity index (χ4n) is 1.26. The summed E-state index contributed by atoms with van der Waals surface area (Å²) in [7, 11) is 0. The Balaban J connectivity index is 2.38. The number of ether oxygens (including phenoxy) is 1. The highest BCUT2D eigenvalue weighted by Gasteiger charge is 2.25. The van der Waals surface area contributed by atoms with E-state index in [2.05, 4.69) is 5.32 Å². The monoisotopic (exact) mass is 207 g/mol. The van der Waals surface area contributed by atoms with Crippen molar-refractivity contribution >= 4 is 17.5 Å². The fraction of sp³-hybridized carbons (Fsp3) is 0.100. The van der Waals surface area contributed by atoms with Gasteiger partial charge in [0.25, 0.3) is 5.91 Å². The molecule has 1 N–H and O–H groups in total. The van der Waals surface area contributed by atoms with Crippen molar-refractivity contribution in [2.45, 2.75) is 6.10 Å². The van der Waals surface area contributed by atoms with Gasteiger partial charge in [-0.25, -0.2) is 9.18 Å². The summed E-state index contributed by atoms with van der Waals surface area (Å²) in [4.78, 5) is 21.4. The van der Waals surface area contributed by atoms with Crippen LogP contribution < -0.4 is 10.1 Å². The van der Waals surface area contributed by atoms with Gasteiger partial charge in [-0.3, -0.25) is 4.79 Å². The van der Waals surface area contributed by atoms with Crippen molar-refractivity contribution in [1.29, 1.82) is 0 Å². The Labute approximate surface area is 84.3 Å². The van der Waals surface area contributed by atoms with Gasteiger partial charge in [-0.05, 0) is 12.1 Å². The van der Waals surface area contributed by atoms with E-state index in [1.165, 1.54) is 18.1 Å². The molecule has 1 aromatic carbocycles. The molecule has 0 spiro atoms. The average Bonchev–Trinajstić information content (AvgIpc) is 2.20. The summed E-state index contributed by atoms with van der Waals surface area (Å²) in [5.74, 6) is 0.711. The van der Waals surface area contributed by atoms with Gasteiger partial charge in [-0.15, -0.1) is 0 Å². The van der Waals surface area contributed by atoms with Crippen LogP contribution in [0.15, 0.2) is 24.3 Å². The van der Waals surface area contributed by atoms with Crippen molar-refractivity contribution in [1.82, 2.24) is 0 Å². The molecule has 1 heterocycles. The van der Waals surface area contributed by atoms with Crippen LogP contribution in [0.3, 0.4) is 0 Å². The zero-order chi connectivity index (χ0) is 10.8. The van der Waals surface area contributed by atoms with Gasteiger partial charge in [0.1, 0.15) is 17.5 Å². The molecule has 0 bridgehead atoms. The van der Waals surface area contributed by atoms with E-state index in [1.807, 2.05) is 0 Å². The lowest BCUT2D eigenvalue weighted by Gasteiger charge is -2.22. The minimum absolute atomic E-state index is 0.200. The van der Waals surface area contributed by atoms with E-state index >= 15 is 0 Å². The second-order valence-electron chi connectivity index (χ2n) is 2.95. The standard InChI is InChI=1S/C10H6FNO3/c11-6-1-2-7-9(5-6)15-8(3-4-13)10(14)12-7/h1-3,5,8H,(H,12,14). The SMILES string of the molecule is O=C=CC1Oc2cc(F)ccc2NC1=O. The lowest BCUT2D eigenvalue weighted by molar-refractivity contribution is -0.121. The summed E-state index contributed by atoms with van der Waals surface area (Å²) in [6, 6.07) is 3.74. The summed E-state index contributed by atoms with van der Waals surface area (Å²) in [5.41, 5.74) is 0.386. The molecule has 1 aliphatic heterocycles. The lowest BCUT2D eigenvalue weighted by atomic mass is 10.2. The lowest BCUT2D eigenvalue weighted by Crippen LogP contribution is -2.35. The molecule has 1 atom stereocenters. The first-order chi connectivity index (χ1) is 7.20. The third kappa shape index (κ3) is 1.73. The third-order valence-corrected chi connectivity index (χ3v) is 1.93. The molecule has 1 unspecified atom stereocenters. The van der Waals surface area contributed by atoms with Crippen LogP contribution >= 0.6 is 0 Å². The van der Waals surface area contributed by atoms with Crippen molar-refractivity contribution in [2.24, 2.45) is 0 Å². The molecule has 0 saturated carbocycles. The highest BCUT2D eigenvalue weighted by molar-refractivity contribution is 5.99.